The molecule has 2 aromatic heterocycles. The lowest BCUT2D eigenvalue weighted by Crippen LogP contribution is -2.28. The Morgan fingerprint density at radius 1 is 1.50 bits per heavy atom. The van der Waals surface area contributed by atoms with E-state index in [-0.39, 0.29) is 27.2 Å². The van der Waals surface area contributed by atoms with Gasteiger partial charge in [0.1, 0.15) is 17.0 Å². The molecule has 1 aromatic carbocycles. The van der Waals surface area contributed by atoms with Crippen LogP contribution in [0.15, 0.2) is 24.5 Å². The zero-order valence-corrected chi connectivity index (χ0v) is 13.4. The van der Waals surface area contributed by atoms with Gasteiger partial charge >= 0.3 is 0 Å². The van der Waals surface area contributed by atoms with Crippen molar-refractivity contribution in [2.45, 2.75) is 13.0 Å². The van der Waals surface area contributed by atoms with Gasteiger partial charge in [-0.1, -0.05) is 17.7 Å². The van der Waals surface area contributed by atoms with Crippen molar-refractivity contribution in [3.63, 3.8) is 0 Å². The van der Waals surface area contributed by atoms with E-state index in [1.165, 1.54) is 6.07 Å². The molecule has 0 aliphatic heterocycles. The Balaban J connectivity index is 1.91. The summed E-state index contributed by atoms with van der Waals surface area (Å²) in [5.74, 6) is -0.169. The smallest absolute Gasteiger partial charge is 0.263 e. The molecule has 1 N–H and O–H groups in total. The van der Waals surface area contributed by atoms with Gasteiger partial charge in [-0.25, -0.2) is 4.39 Å². The molecule has 3 rings (SSSR count). The molecule has 0 saturated heterocycles. The fourth-order valence-corrected chi connectivity index (χ4v) is 3.69. The number of benzene rings is 1. The Kier molecular flexibility index (Phi) is 3.84. The molecule has 8 heteroatoms. The van der Waals surface area contributed by atoms with Gasteiger partial charge in [-0.05, 0) is 19.1 Å². The van der Waals surface area contributed by atoms with Crippen molar-refractivity contribution >= 4 is 38.9 Å². The maximum atomic E-state index is 13.8. The number of nitrogens with one attached hydrogen (secondary N) is 1. The van der Waals surface area contributed by atoms with E-state index in [1.54, 1.807) is 37.0 Å². The molecule has 2 heterocycles. The van der Waals surface area contributed by atoms with Crippen LogP contribution in [0, 0.1) is 5.82 Å². The summed E-state index contributed by atoms with van der Waals surface area (Å²) in [6.07, 6.45) is 1.56. The molecule has 0 spiro atoms. The molecule has 0 saturated carbocycles. The van der Waals surface area contributed by atoms with Crippen LogP contribution >= 0.6 is 22.9 Å². The van der Waals surface area contributed by atoms with Crippen molar-refractivity contribution in [1.29, 1.82) is 0 Å². The Labute approximate surface area is 134 Å². The number of amides is 1. The minimum atomic E-state index is -0.431. The SMILES string of the molecule is C[C@@H](NC(=O)c1sc2cccc(F)c2c1Cl)c1nncn1C. The number of thiophene rings is 1. The predicted octanol–water partition coefficient (Wildman–Crippen LogP) is 3.31. The Bertz CT molecular complexity index is 860. The molecular weight excluding hydrogens is 327 g/mol. The van der Waals surface area contributed by atoms with E-state index in [0.29, 0.717) is 10.5 Å². The summed E-state index contributed by atoms with van der Waals surface area (Å²) >= 11 is 7.34. The molecule has 22 heavy (non-hydrogen) atoms. The monoisotopic (exact) mass is 338 g/mol. The van der Waals surface area contributed by atoms with Crippen molar-refractivity contribution in [2.75, 3.05) is 0 Å². The van der Waals surface area contributed by atoms with Gasteiger partial charge in [-0.2, -0.15) is 0 Å². The average Bonchev–Trinajstić information content (AvgIpc) is 3.03. The largest absolute Gasteiger partial charge is 0.342 e. The number of hydrogen-bond acceptors (Lipinski definition) is 4. The Morgan fingerprint density at radius 2 is 2.27 bits per heavy atom. The minimum absolute atomic E-state index is 0.140. The van der Waals surface area contributed by atoms with Gasteiger partial charge in [0.25, 0.3) is 5.91 Å². The highest BCUT2D eigenvalue weighted by Gasteiger charge is 2.22. The second-order valence-electron chi connectivity index (χ2n) is 4.85. The zero-order valence-electron chi connectivity index (χ0n) is 11.8. The van der Waals surface area contributed by atoms with Crippen LogP contribution in [0.3, 0.4) is 0 Å². The summed E-state index contributed by atoms with van der Waals surface area (Å²) in [5, 5.41) is 11.0. The maximum absolute atomic E-state index is 13.8. The summed E-state index contributed by atoms with van der Waals surface area (Å²) in [7, 11) is 1.79. The minimum Gasteiger partial charge on any atom is -0.342 e. The van der Waals surface area contributed by atoms with Gasteiger partial charge in [-0.3, -0.25) is 4.79 Å². The normalized spacial score (nSPS) is 12.5. The first-order valence-corrected chi connectivity index (χ1v) is 7.69. The highest BCUT2D eigenvalue weighted by molar-refractivity contribution is 7.21. The summed E-state index contributed by atoms with van der Waals surface area (Å²) < 4.78 is 16.2. The average molecular weight is 339 g/mol. The van der Waals surface area contributed by atoms with Crippen LogP contribution in [0.5, 0.6) is 0 Å². The lowest BCUT2D eigenvalue weighted by Gasteiger charge is -2.12. The van der Waals surface area contributed by atoms with Gasteiger partial charge < -0.3 is 9.88 Å². The number of aromatic nitrogens is 3. The van der Waals surface area contributed by atoms with E-state index in [2.05, 4.69) is 15.5 Å². The van der Waals surface area contributed by atoms with Gasteiger partial charge in [0, 0.05) is 17.1 Å². The number of rotatable bonds is 3. The van der Waals surface area contributed by atoms with E-state index in [0.717, 1.165) is 11.3 Å². The fourth-order valence-electron chi connectivity index (χ4n) is 2.23. The standard InChI is InChI=1S/C14H12ClFN4OS/c1-7(13-19-17-6-20(13)2)18-14(21)12-11(15)10-8(16)4-3-5-9(10)22-12/h3-7H,1-2H3,(H,18,21)/t7-/m1/s1. The van der Waals surface area contributed by atoms with E-state index < -0.39 is 5.82 Å². The van der Waals surface area contributed by atoms with E-state index in [4.69, 9.17) is 11.6 Å². The number of nitrogens with zero attached hydrogens (tertiary/aromatic N) is 3. The molecular formula is C14H12ClFN4OS. The lowest BCUT2D eigenvalue weighted by molar-refractivity contribution is 0.0942. The first kappa shape index (κ1) is 14.9. The number of fused-ring (bicyclic) bond motifs is 1. The third kappa shape index (κ3) is 2.46. The van der Waals surface area contributed by atoms with E-state index >= 15 is 0 Å². The molecule has 0 radical (unpaired) electrons. The Morgan fingerprint density at radius 3 is 2.91 bits per heavy atom. The quantitative estimate of drug-likeness (QED) is 0.797. The molecule has 114 valence electrons. The third-order valence-electron chi connectivity index (χ3n) is 3.29. The predicted molar refractivity (Wildman–Crippen MR) is 83.7 cm³/mol. The molecule has 0 aliphatic carbocycles. The van der Waals surface area contributed by atoms with Gasteiger partial charge in [0.2, 0.25) is 0 Å². The van der Waals surface area contributed by atoms with Gasteiger partial charge in [-0.15, -0.1) is 21.5 Å². The second kappa shape index (κ2) is 5.66. The third-order valence-corrected chi connectivity index (χ3v) is 4.94. The number of hydrogen-bond donors (Lipinski definition) is 1. The first-order chi connectivity index (χ1) is 10.5. The molecule has 0 bridgehead atoms. The number of aryl methyl sites for hydroxylation is 1. The molecule has 0 fully saturated rings. The molecule has 1 amide bonds. The van der Waals surface area contributed by atoms with Crippen molar-refractivity contribution in [3.8, 4) is 0 Å². The fraction of sp³-hybridized carbons (Fsp3) is 0.214. The van der Waals surface area contributed by atoms with Crippen LogP contribution in [0.1, 0.15) is 28.5 Å². The van der Waals surface area contributed by atoms with E-state index in [1.807, 2.05) is 0 Å². The number of carbonyl (C=O) groups excluding carboxylic acids is 1. The number of carbonyl (C=O) groups is 1. The highest BCUT2D eigenvalue weighted by atomic mass is 35.5. The summed E-state index contributed by atoms with van der Waals surface area (Å²) in [6, 6.07) is 4.31. The van der Waals surface area contributed by atoms with Crippen LogP contribution in [0.4, 0.5) is 4.39 Å². The van der Waals surface area contributed by atoms with Crippen LogP contribution in [0.25, 0.3) is 10.1 Å². The zero-order chi connectivity index (χ0) is 15.9. The Hall–Kier alpha value is -1.99. The van der Waals surface area contributed by atoms with Crippen molar-refractivity contribution in [1.82, 2.24) is 20.1 Å². The molecule has 0 aliphatic rings. The highest BCUT2D eigenvalue weighted by Crippen LogP contribution is 2.37. The molecule has 3 aromatic rings. The maximum Gasteiger partial charge on any atom is 0.263 e. The van der Waals surface area contributed by atoms with Crippen LogP contribution in [0.2, 0.25) is 5.02 Å². The first-order valence-electron chi connectivity index (χ1n) is 6.50. The van der Waals surface area contributed by atoms with Crippen LogP contribution in [-0.4, -0.2) is 20.7 Å². The van der Waals surface area contributed by atoms with Crippen molar-refractivity contribution in [2.24, 2.45) is 7.05 Å². The summed E-state index contributed by atoms with van der Waals surface area (Å²) in [4.78, 5) is 12.7. The number of halogens is 2. The molecule has 1 atom stereocenters. The second-order valence-corrected chi connectivity index (χ2v) is 6.28. The topological polar surface area (TPSA) is 59.8 Å². The van der Waals surface area contributed by atoms with Crippen LogP contribution < -0.4 is 5.32 Å². The van der Waals surface area contributed by atoms with Gasteiger partial charge in [0.15, 0.2) is 5.82 Å². The van der Waals surface area contributed by atoms with E-state index in [9.17, 15) is 9.18 Å². The lowest BCUT2D eigenvalue weighted by atomic mass is 10.2. The van der Waals surface area contributed by atoms with Gasteiger partial charge in [0.05, 0.1) is 11.1 Å². The molecule has 0 unspecified atom stereocenters. The van der Waals surface area contributed by atoms with Crippen molar-refractivity contribution in [3.05, 3.63) is 46.1 Å². The summed E-state index contributed by atoms with van der Waals surface area (Å²) in [5.41, 5.74) is 0. The summed E-state index contributed by atoms with van der Waals surface area (Å²) in [6.45, 7) is 1.80. The van der Waals surface area contributed by atoms with Crippen LogP contribution in [-0.2, 0) is 7.05 Å². The van der Waals surface area contributed by atoms with Crippen molar-refractivity contribution < 1.29 is 9.18 Å². The molecule has 5 nitrogen and oxygen atoms in total.